The van der Waals surface area contributed by atoms with Crippen LogP contribution in [-0.2, 0) is 9.53 Å². The van der Waals surface area contributed by atoms with Crippen molar-refractivity contribution in [3.05, 3.63) is 53.9 Å². The smallest absolute Gasteiger partial charge is 0.354 e. The summed E-state index contributed by atoms with van der Waals surface area (Å²) in [5.41, 5.74) is 1.41. The molecule has 0 bridgehead atoms. The molecule has 2 aromatic rings. The van der Waals surface area contributed by atoms with Gasteiger partial charge in [-0.1, -0.05) is 6.07 Å². The summed E-state index contributed by atoms with van der Waals surface area (Å²) in [5, 5.41) is 0. The van der Waals surface area contributed by atoms with E-state index in [1.807, 2.05) is 53.8 Å². The van der Waals surface area contributed by atoms with Gasteiger partial charge in [0, 0.05) is 31.4 Å². The van der Waals surface area contributed by atoms with E-state index in [1.54, 1.807) is 25.3 Å². The lowest BCUT2D eigenvalue weighted by atomic mass is 10.0. The molecular formula is C24H30N2O5. The Kier molecular flexibility index (Phi) is 7.39. The van der Waals surface area contributed by atoms with Crippen LogP contribution in [0.15, 0.2) is 42.6 Å². The number of carbonyl (C=O) groups excluding carboxylic acids is 2. The highest BCUT2D eigenvalue weighted by Gasteiger charge is 2.25. The van der Waals surface area contributed by atoms with Gasteiger partial charge in [-0.3, -0.25) is 4.79 Å². The predicted octanol–water partition coefficient (Wildman–Crippen LogP) is 3.95. The number of benzene rings is 1. The third kappa shape index (κ3) is 5.48. The standard InChI is InChI=1S/C24H30N2O5/c1-17(2)31-21-9-7-18(16-22(21)29-3)8-10-23(27)25-14-11-19(12-15-25)26-13-5-6-20(26)24(28)30-4/h5-10,13,16-17,19H,11-12,14-15H2,1-4H3/b10-8+. The molecule has 0 N–H and O–H groups in total. The quantitative estimate of drug-likeness (QED) is 0.495. The van der Waals surface area contributed by atoms with Crippen LogP contribution in [0.25, 0.3) is 6.08 Å². The molecule has 1 amide bonds. The van der Waals surface area contributed by atoms with E-state index in [2.05, 4.69) is 0 Å². The Balaban J connectivity index is 1.60. The molecule has 166 valence electrons. The first-order chi connectivity index (χ1) is 14.9. The van der Waals surface area contributed by atoms with Gasteiger partial charge in [0.15, 0.2) is 11.5 Å². The molecule has 31 heavy (non-hydrogen) atoms. The SMILES string of the molecule is COC(=O)c1cccn1C1CCN(C(=O)/C=C/c2ccc(OC(C)C)c(OC)c2)CC1. The molecule has 7 heteroatoms. The van der Waals surface area contributed by atoms with Gasteiger partial charge in [-0.15, -0.1) is 0 Å². The van der Waals surface area contributed by atoms with Gasteiger partial charge in [0.25, 0.3) is 0 Å². The minimum Gasteiger partial charge on any atom is -0.493 e. The lowest BCUT2D eigenvalue weighted by Crippen LogP contribution is -2.38. The summed E-state index contributed by atoms with van der Waals surface area (Å²) in [7, 11) is 2.98. The number of methoxy groups -OCH3 is 2. The van der Waals surface area contributed by atoms with Gasteiger partial charge < -0.3 is 23.7 Å². The van der Waals surface area contributed by atoms with E-state index in [0.29, 0.717) is 30.3 Å². The van der Waals surface area contributed by atoms with Gasteiger partial charge in [0.2, 0.25) is 5.91 Å². The minimum atomic E-state index is -0.341. The number of hydrogen-bond acceptors (Lipinski definition) is 5. The minimum absolute atomic E-state index is 0.0272. The molecule has 1 aliphatic rings. The molecular weight excluding hydrogens is 396 g/mol. The Morgan fingerprint density at radius 2 is 1.84 bits per heavy atom. The van der Waals surface area contributed by atoms with Gasteiger partial charge in [-0.05, 0) is 62.6 Å². The maximum Gasteiger partial charge on any atom is 0.354 e. The Hall–Kier alpha value is -3.22. The lowest BCUT2D eigenvalue weighted by Gasteiger charge is -2.32. The van der Waals surface area contributed by atoms with Crippen LogP contribution in [0.3, 0.4) is 0 Å². The van der Waals surface area contributed by atoms with Crippen LogP contribution in [0.2, 0.25) is 0 Å². The molecule has 7 nitrogen and oxygen atoms in total. The van der Waals surface area contributed by atoms with Gasteiger partial charge in [0.1, 0.15) is 5.69 Å². The number of amides is 1. The number of piperidine rings is 1. The maximum atomic E-state index is 12.7. The summed E-state index contributed by atoms with van der Waals surface area (Å²) >= 11 is 0. The molecule has 0 saturated carbocycles. The zero-order valence-corrected chi connectivity index (χ0v) is 18.5. The topological polar surface area (TPSA) is 70.0 Å². The fourth-order valence-corrected chi connectivity index (χ4v) is 3.77. The fraction of sp³-hybridized carbons (Fsp3) is 0.417. The van der Waals surface area contributed by atoms with Gasteiger partial charge in [-0.25, -0.2) is 4.79 Å². The first-order valence-electron chi connectivity index (χ1n) is 10.5. The second-order valence-electron chi connectivity index (χ2n) is 7.76. The maximum absolute atomic E-state index is 12.7. The van der Waals surface area contributed by atoms with Crippen molar-refractivity contribution >= 4 is 18.0 Å². The van der Waals surface area contributed by atoms with E-state index in [9.17, 15) is 9.59 Å². The highest BCUT2D eigenvalue weighted by Crippen LogP contribution is 2.30. The van der Waals surface area contributed by atoms with E-state index in [1.165, 1.54) is 7.11 Å². The largest absolute Gasteiger partial charge is 0.493 e. The molecule has 1 fully saturated rings. The lowest BCUT2D eigenvalue weighted by molar-refractivity contribution is -0.127. The fourth-order valence-electron chi connectivity index (χ4n) is 3.77. The molecule has 1 aliphatic heterocycles. The van der Waals surface area contributed by atoms with Gasteiger partial charge in [0.05, 0.1) is 20.3 Å². The first kappa shape index (κ1) is 22.5. The Bertz CT molecular complexity index is 939. The van der Waals surface area contributed by atoms with Crippen LogP contribution >= 0.6 is 0 Å². The summed E-state index contributed by atoms with van der Waals surface area (Å²) in [6.07, 6.45) is 6.90. The Morgan fingerprint density at radius 1 is 1.10 bits per heavy atom. The van der Waals surface area contributed by atoms with Crippen LogP contribution in [0, 0.1) is 0 Å². The summed E-state index contributed by atoms with van der Waals surface area (Å²) in [6, 6.07) is 9.39. The molecule has 1 aromatic heterocycles. The highest BCUT2D eigenvalue weighted by atomic mass is 16.5. The van der Waals surface area contributed by atoms with E-state index < -0.39 is 0 Å². The number of aromatic nitrogens is 1. The number of esters is 1. The molecule has 0 aliphatic carbocycles. The van der Waals surface area contributed by atoms with Crippen LogP contribution in [0.5, 0.6) is 11.5 Å². The number of carbonyl (C=O) groups is 2. The van der Waals surface area contributed by atoms with Crippen molar-refractivity contribution in [1.82, 2.24) is 9.47 Å². The summed E-state index contributed by atoms with van der Waals surface area (Å²) in [4.78, 5) is 26.4. The van der Waals surface area contributed by atoms with Crippen LogP contribution in [0.1, 0.15) is 48.8 Å². The van der Waals surface area contributed by atoms with Gasteiger partial charge >= 0.3 is 5.97 Å². The predicted molar refractivity (Wildman–Crippen MR) is 118 cm³/mol. The van der Waals surface area contributed by atoms with Crippen LogP contribution < -0.4 is 9.47 Å². The highest BCUT2D eigenvalue weighted by molar-refractivity contribution is 5.92. The van der Waals surface area contributed by atoms with Crippen molar-refractivity contribution < 1.29 is 23.8 Å². The van der Waals surface area contributed by atoms with Crippen molar-refractivity contribution in [1.29, 1.82) is 0 Å². The second-order valence-corrected chi connectivity index (χ2v) is 7.76. The third-order valence-electron chi connectivity index (χ3n) is 5.31. The molecule has 0 unspecified atom stereocenters. The van der Waals surface area contributed by atoms with Gasteiger partial charge in [-0.2, -0.15) is 0 Å². The van der Waals surface area contributed by atoms with E-state index in [-0.39, 0.29) is 24.0 Å². The summed E-state index contributed by atoms with van der Waals surface area (Å²) < 4.78 is 17.9. The zero-order valence-electron chi connectivity index (χ0n) is 18.5. The van der Waals surface area contributed by atoms with Crippen molar-refractivity contribution in [3.8, 4) is 11.5 Å². The molecule has 0 spiro atoms. The number of ether oxygens (including phenoxy) is 3. The summed E-state index contributed by atoms with van der Waals surface area (Å²) in [6.45, 7) is 5.19. The number of likely N-dealkylation sites (tertiary alicyclic amines) is 1. The summed E-state index contributed by atoms with van der Waals surface area (Å²) in [5.74, 6) is 0.948. The number of nitrogens with zero attached hydrogens (tertiary/aromatic N) is 2. The number of hydrogen-bond donors (Lipinski definition) is 0. The van der Waals surface area contributed by atoms with Crippen molar-refractivity contribution in [2.45, 2.75) is 38.8 Å². The Labute approximate surface area is 183 Å². The molecule has 2 heterocycles. The second kappa shape index (κ2) is 10.2. The van der Waals surface area contributed by atoms with Crippen LogP contribution in [0.4, 0.5) is 0 Å². The van der Waals surface area contributed by atoms with E-state index >= 15 is 0 Å². The zero-order chi connectivity index (χ0) is 22.4. The molecule has 1 aromatic carbocycles. The van der Waals surface area contributed by atoms with E-state index in [4.69, 9.17) is 14.2 Å². The Morgan fingerprint density at radius 3 is 2.48 bits per heavy atom. The van der Waals surface area contributed by atoms with Crippen molar-refractivity contribution in [2.24, 2.45) is 0 Å². The normalized spacial score (nSPS) is 14.8. The van der Waals surface area contributed by atoms with Crippen molar-refractivity contribution in [3.63, 3.8) is 0 Å². The van der Waals surface area contributed by atoms with Crippen LogP contribution in [-0.4, -0.2) is 54.8 Å². The average molecular weight is 427 g/mol. The first-order valence-corrected chi connectivity index (χ1v) is 10.5. The van der Waals surface area contributed by atoms with Crippen molar-refractivity contribution in [2.75, 3.05) is 27.3 Å². The molecule has 0 atom stereocenters. The molecule has 1 saturated heterocycles. The molecule has 0 radical (unpaired) electrons. The average Bonchev–Trinajstić information content (AvgIpc) is 3.27. The monoisotopic (exact) mass is 426 g/mol. The van der Waals surface area contributed by atoms with E-state index in [0.717, 1.165) is 18.4 Å². The number of rotatable bonds is 7. The molecule has 3 rings (SSSR count). The third-order valence-corrected chi connectivity index (χ3v) is 5.31.